The summed E-state index contributed by atoms with van der Waals surface area (Å²) in [6, 6.07) is 9.26. The minimum atomic E-state index is 0.433. The standard InChI is InChI=1S/C17H21N3S/c1-3-18-15(10-14-6-4-13(2)5-7-14)11-16-12-20-8-9-21-17(20)19-16/h4-9,12,15,18H,3,10-11H2,1-2H3. The average molecular weight is 299 g/mol. The first kappa shape index (κ1) is 14.3. The van der Waals surface area contributed by atoms with Gasteiger partial charge in [-0.1, -0.05) is 36.8 Å². The fourth-order valence-corrected chi connectivity index (χ4v) is 3.36. The van der Waals surface area contributed by atoms with Crippen LogP contribution in [-0.2, 0) is 12.8 Å². The van der Waals surface area contributed by atoms with E-state index in [1.165, 1.54) is 16.8 Å². The molecule has 3 aromatic rings. The maximum Gasteiger partial charge on any atom is 0.193 e. The Morgan fingerprint density at radius 1 is 1.24 bits per heavy atom. The predicted molar refractivity (Wildman–Crippen MR) is 89.1 cm³/mol. The second-order valence-corrected chi connectivity index (χ2v) is 6.35. The number of thiazole rings is 1. The average Bonchev–Trinajstić information content (AvgIpc) is 3.02. The number of rotatable bonds is 6. The van der Waals surface area contributed by atoms with Gasteiger partial charge in [-0.2, -0.15) is 0 Å². The molecule has 1 N–H and O–H groups in total. The number of fused-ring (bicyclic) bond motifs is 1. The summed E-state index contributed by atoms with van der Waals surface area (Å²) in [5.41, 5.74) is 3.86. The van der Waals surface area contributed by atoms with Crippen molar-refractivity contribution < 1.29 is 0 Å². The molecule has 0 aliphatic carbocycles. The van der Waals surface area contributed by atoms with Crippen molar-refractivity contribution >= 4 is 16.3 Å². The minimum Gasteiger partial charge on any atom is -0.314 e. The summed E-state index contributed by atoms with van der Waals surface area (Å²) in [4.78, 5) is 5.77. The molecule has 110 valence electrons. The first-order valence-electron chi connectivity index (χ1n) is 7.44. The number of hydrogen-bond donors (Lipinski definition) is 1. The lowest BCUT2D eigenvalue weighted by Gasteiger charge is -2.17. The molecule has 0 aliphatic heterocycles. The summed E-state index contributed by atoms with van der Waals surface area (Å²) in [6.45, 7) is 5.27. The Morgan fingerprint density at radius 3 is 2.76 bits per heavy atom. The van der Waals surface area contributed by atoms with Gasteiger partial charge in [-0.3, -0.25) is 4.40 Å². The van der Waals surface area contributed by atoms with Crippen molar-refractivity contribution in [2.24, 2.45) is 0 Å². The molecule has 0 fully saturated rings. The number of aryl methyl sites for hydroxylation is 1. The summed E-state index contributed by atoms with van der Waals surface area (Å²) in [5, 5.41) is 5.65. The highest BCUT2D eigenvalue weighted by Crippen LogP contribution is 2.14. The fraction of sp³-hybridized carbons (Fsp3) is 0.353. The molecule has 0 aliphatic rings. The largest absolute Gasteiger partial charge is 0.314 e. The molecule has 0 saturated carbocycles. The minimum absolute atomic E-state index is 0.433. The van der Waals surface area contributed by atoms with Crippen molar-refractivity contribution in [2.75, 3.05) is 6.54 Å². The van der Waals surface area contributed by atoms with Crippen LogP contribution in [0.5, 0.6) is 0 Å². The van der Waals surface area contributed by atoms with Crippen LogP contribution >= 0.6 is 11.3 Å². The van der Waals surface area contributed by atoms with Crippen LogP contribution in [0.15, 0.2) is 42.0 Å². The van der Waals surface area contributed by atoms with E-state index in [9.17, 15) is 0 Å². The number of nitrogens with one attached hydrogen (secondary N) is 1. The third-order valence-electron chi connectivity index (χ3n) is 3.69. The first-order valence-corrected chi connectivity index (χ1v) is 8.32. The van der Waals surface area contributed by atoms with Crippen molar-refractivity contribution in [3.05, 3.63) is 58.9 Å². The molecule has 0 amide bonds. The number of imidazole rings is 1. The lowest BCUT2D eigenvalue weighted by atomic mass is 10.0. The van der Waals surface area contributed by atoms with E-state index >= 15 is 0 Å². The van der Waals surface area contributed by atoms with Crippen LogP contribution in [0.25, 0.3) is 4.96 Å². The Hall–Kier alpha value is -1.65. The summed E-state index contributed by atoms with van der Waals surface area (Å²) in [6.07, 6.45) is 6.22. The van der Waals surface area contributed by atoms with E-state index < -0.39 is 0 Å². The maximum absolute atomic E-state index is 4.69. The topological polar surface area (TPSA) is 29.3 Å². The van der Waals surface area contributed by atoms with Crippen LogP contribution in [0.4, 0.5) is 0 Å². The molecule has 1 aromatic carbocycles. The zero-order valence-corrected chi connectivity index (χ0v) is 13.4. The molecular weight excluding hydrogens is 278 g/mol. The van der Waals surface area contributed by atoms with E-state index in [-0.39, 0.29) is 0 Å². The Labute approximate surface area is 129 Å². The highest BCUT2D eigenvalue weighted by Gasteiger charge is 2.12. The van der Waals surface area contributed by atoms with E-state index in [1.54, 1.807) is 11.3 Å². The molecule has 4 heteroatoms. The lowest BCUT2D eigenvalue weighted by molar-refractivity contribution is 0.517. The van der Waals surface area contributed by atoms with Gasteiger partial charge in [0.2, 0.25) is 0 Å². The second kappa shape index (κ2) is 6.41. The van der Waals surface area contributed by atoms with Crippen molar-refractivity contribution in [3.8, 4) is 0 Å². The van der Waals surface area contributed by atoms with E-state index in [4.69, 9.17) is 4.98 Å². The summed E-state index contributed by atoms with van der Waals surface area (Å²) in [7, 11) is 0. The van der Waals surface area contributed by atoms with Crippen molar-refractivity contribution in [1.29, 1.82) is 0 Å². The van der Waals surface area contributed by atoms with Crippen LogP contribution in [0.1, 0.15) is 23.7 Å². The highest BCUT2D eigenvalue weighted by molar-refractivity contribution is 7.15. The van der Waals surface area contributed by atoms with Gasteiger partial charge in [0.05, 0.1) is 5.69 Å². The Kier molecular flexibility index (Phi) is 4.36. The van der Waals surface area contributed by atoms with Gasteiger partial charge in [-0.25, -0.2) is 4.98 Å². The SMILES string of the molecule is CCNC(Cc1ccc(C)cc1)Cc1cn2ccsc2n1. The molecule has 2 heterocycles. The van der Waals surface area contributed by atoms with Crippen molar-refractivity contribution in [2.45, 2.75) is 32.7 Å². The Morgan fingerprint density at radius 2 is 2.05 bits per heavy atom. The monoisotopic (exact) mass is 299 g/mol. The van der Waals surface area contributed by atoms with Gasteiger partial charge in [0.15, 0.2) is 4.96 Å². The first-order chi connectivity index (χ1) is 10.2. The molecule has 0 bridgehead atoms. The Bertz CT molecular complexity index is 668. The second-order valence-electron chi connectivity index (χ2n) is 5.47. The number of nitrogens with zero attached hydrogens (tertiary/aromatic N) is 2. The molecule has 2 aromatic heterocycles. The van der Waals surface area contributed by atoms with Crippen LogP contribution in [-0.4, -0.2) is 22.0 Å². The number of likely N-dealkylation sites (N-methyl/N-ethyl adjacent to an activating group) is 1. The third kappa shape index (κ3) is 3.52. The molecule has 0 saturated heterocycles. The molecule has 3 rings (SSSR count). The van der Waals surface area contributed by atoms with Gasteiger partial charge in [-0.15, -0.1) is 11.3 Å². The van der Waals surface area contributed by atoms with Crippen molar-refractivity contribution in [3.63, 3.8) is 0 Å². The highest BCUT2D eigenvalue weighted by atomic mass is 32.1. The number of hydrogen-bond acceptors (Lipinski definition) is 3. The molecule has 1 unspecified atom stereocenters. The normalized spacial score (nSPS) is 12.9. The fourth-order valence-electron chi connectivity index (χ4n) is 2.64. The van der Waals surface area contributed by atoms with Crippen LogP contribution < -0.4 is 5.32 Å². The molecule has 21 heavy (non-hydrogen) atoms. The van der Waals surface area contributed by atoms with Gasteiger partial charge in [0.1, 0.15) is 0 Å². The van der Waals surface area contributed by atoms with Gasteiger partial charge < -0.3 is 5.32 Å². The zero-order valence-electron chi connectivity index (χ0n) is 12.5. The predicted octanol–water partition coefficient (Wildman–Crippen LogP) is 3.47. The number of benzene rings is 1. The van der Waals surface area contributed by atoms with Crippen LogP contribution in [0.2, 0.25) is 0 Å². The van der Waals surface area contributed by atoms with E-state index in [0.717, 1.165) is 24.3 Å². The third-order valence-corrected chi connectivity index (χ3v) is 4.46. The summed E-state index contributed by atoms with van der Waals surface area (Å²) >= 11 is 1.69. The summed E-state index contributed by atoms with van der Waals surface area (Å²) < 4.78 is 2.11. The van der Waals surface area contributed by atoms with E-state index in [1.807, 2.05) is 0 Å². The summed E-state index contributed by atoms with van der Waals surface area (Å²) in [5.74, 6) is 0. The molecule has 0 radical (unpaired) electrons. The smallest absolute Gasteiger partial charge is 0.193 e. The van der Waals surface area contributed by atoms with Gasteiger partial charge in [0, 0.05) is 30.2 Å². The zero-order chi connectivity index (χ0) is 14.7. The van der Waals surface area contributed by atoms with Gasteiger partial charge >= 0.3 is 0 Å². The van der Waals surface area contributed by atoms with Gasteiger partial charge in [-0.05, 0) is 25.5 Å². The quantitative estimate of drug-likeness (QED) is 0.755. The van der Waals surface area contributed by atoms with Gasteiger partial charge in [0.25, 0.3) is 0 Å². The molecule has 1 atom stereocenters. The molecule has 0 spiro atoms. The van der Waals surface area contributed by atoms with Crippen LogP contribution in [0.3, 0.4) is 0 Å². The van der Waals surface area contributed by atoms with Crippen LogP contribution in [0, 0.1) is 6.92 Å². The molecule has 3 nitrogen and oxygen atoms in total. The Balaban J connectivity index is 1.71. The maximum atomic E-state index is 4.69. The number of aromatic nitrogens is 2. The van der Waals surface area contributed by atoms with E-state index in [2.05, 4.69) is 65.6 Å². The molecular formula is C17H21N3S. The lowest BCUT2D eigenvalue weighted by Crippen LogP contribution is -2.33. The van der Waals surface area contributed by atoms with E-state index in [0.29, 0.717) is 6.04 Å². The van der Waals surface area contributed by atoms with Crippen molar-refractivity contribution in [1.82, 2.24) is 14.7 Å².